The van der Waals surface area contributed by atoms with E-state index in [0.29, 0.717) is 12.2 Å². The lowest BCUT2D eigenvalue weighted by Gasteiger charge is -2.27. The molecule has 0 aromatic carbocycles. The fourth-order valence-corrected chi connectivity index (χ4v) is 1.44. The van der Waals surface area contributed by atoms with Gasteiger partial charge in [-0.25, -0.2) is 0 Å². The summed E-state index contributed by atoms with van der Waals surface area (Å²) in [6.45, 7) is 6.60. The van der Waals surface area contributed by atoms with Gasteiger partial charge in [-0.15, -0.1) is 0 Å². The molecule has 0 aromatic heterocycles. The van der Waals surface area contributed by atoms with E-state index in [1.807, 2.05) is 6.34 Å². The van der Waals surface area contributed by atoms with Crippen molar-refractivity contribution < 1.29 is 0 Å². The smallest absolute Gasteiger partial charge is 0.116 e. The molecule has 1 atom stereocenters. The highest BCUT2D eigenvalue weighted by atomic mass is 15.5. The third-order valence-electron chi connectivity index (χ3n) is 2.20. The van der Waals surface area contributed by atoms with Crippen LogP contribution in [0.15, 0.2) is 5.10 Å². The lowest BCUT2D eigenvalue weighted by Crippen LogP contribution is -2.40. The lowest BCUT2D eigenvalue weighted by molar-refractivity contribution is 0.243. The topological polar surface area (TPSA) is 27.6 Å². The molecule has 0 saturated heterocycles. The Morgan fingerprint density at radius 3 is 2.92 bits per heavy atom. The summed E-state index contributed by atoms with van der Waals surface area (Å²) in [5, 5.41) is 4.07. The zero-order valence-corrected chi connectivity index (χ0v) is 8.25. The number of unbranched alkanes of at least 4 members (excludes halogenated alkanes) is 1. The lowest BCUT2D eigenvalue weighted by atomic mass is 10.2. The van der Waals surface area contributed by atoms with Crippen molar-refractivity contribution >= 4 is 6.34 Å². The van der Waals surface area contributed by atoms with Gasteiger partial charge in [0.2, 0.25) is 0 Å². The molecule has 0 fully saturated rings. The summed E-state index contributed by atoms with van der Waals surface area (Å²) in [4.78, 5) is 2.27. The molecule has 70 valence electrons. The van der Waals surface area contributed by atoms with Crippen molar-refractivity contribution in [3.05, 3.63) is 0 Å². The van der Waals surface area contributed by atoms with Gasteiger partial charge < -0.3 is 4.90 Å². The Kier molecular flexibility index (Phi) is 3.38. The number of rotatable bonds is 4. The summed E-state index contributed by atoms with van der Waals surface area (Å²) < 4.78 is 0. The maximum Gasteiger partial charge on any atom is 0.116 e. The van der Waals surface area contributed by atoms with Crippen LogP contribution in [0.1, 0.15) is 40.0 Å². The molecular weight excluding hydrogens is 150 g/mol. The van der Waals surface area contributed by atoms with Gasteiger partial charge >= 0.3 is 0 Å². The minimum absolute atomic E-state index is 0.435. The minimum atomic E-state index is 0.435. The van der Waals surface area contributed by atoms with Crippen molar-refractivity contribution in [2.75, 3.05) is 0 Å². The van der Waals surface area contributed by atoms with Gasteiger partial charge in [-0.1, -0.05) is 13.3 Å². The van der Waals surface area contributed by atoms with Crippen LogP contribution in [-0.2, 0) is 0 Å². The van der Waals surface area contributed by atoms with E-state index >= 15 is 0 Å². The van der Waals surface area contributed by atoms with Crippen LogP contribution in [0.2, 0.25) is 0 Å². The fourth-order valence-electron chi connectivity index (χ4n) is 1.44. The Labute approximate surface area is 74.8 Å². The normalized spacial score (nSPS) is 22.0. The first kappa shape index (κ1) is 9.36. The molecule has 1 N–H and O–H groups in total. The molecular formula is C9H19N3. The zero-order valence-electron chi connectivity index (χ0n) is 8.25. The second-order valence-electron chi connectivity index (χ2n) is 3.57. The SMILES string of the molecule is CCCCC1NN=CN1C(C)C. The highest BCUT2D eigenvalue weighted by Gasteiger charge is 2.20. The van der Waals surface area contributed by atoms with Gasteiger partial charge in [-0.2, -0.15) is 5.10 Å². The quantitative estimate of drug-likeness (QED) is 0.694. The Morgan fingerprint density at radius 2 is 2.33 bits per heavy atom. The molecule has 0 aliphatic carbocycles. The monoisotopic (exact) mass is 169 g/mol. The molecule has 12 heavy (non-hydrogen) atoms. The van der Waals surface area contributed by atoms with Crippen LogP contribution < -0.4 is 5.43 Å². The Balaban J connectivity index is 2.34. The predicted molar refractivity (Wildman–Crippen MR) is 51.9 cm³/mol. The average molecular weight is 169 g/mol. The highest BCUT2D eigenvalue weighted by molar-refractivity contribution is 5.57. The van der Waals surface area contributed by atoms with Gasteiger partial charge in [0.25, 0.3) is 0 Å². The number of hydrogen-bond acceptors (Lipinski definition) is 3. The van der Waals surface area contributed by atoms with E-state index < -0.39 is 0 Å². The first-order chi connectivity index (χ1) is 5.75. The molecule has 0 radical (unpaired) electrons. The van der Waals surface area contributed by atoms with Gasteiger partial charge in [-0.05, 0) is 26.7 Å². The summed E-state index contributed by atoms with van der Waals surface area (Å²) in [5.41, 5.74) is 3.12. The van der Waals surface area contributed by atoms with E-state index in [9.17, 15) is 0 Å². The van der Waals surface area contributed by atoms with Crippen molar-refractivity contribution in [1.29, 1.82) is 0 Å². The summed E-state index contributed by atoms with van der Waals surface area (Å²) in [5.74, 6) is 0. The minimum Gasteiger partial charge on any atom is -0.337 e. The van der Waals surface area contributed by atoms with Crippen LogP contribution in [0, 0.1) is 0 Å². The maximum atomic E-state index is 4.07. The van der Waals surface area contributed by atoms with Crippen molar-refractivity contribution in [2.45, 2.75) is 52.2 Å². The van der Waals surface area contributed by atoms with Gasteiger partial charge in [0, 0.05) is 6.04 Å². The molecule has 0 bridgehead atoms. The highest BCUT2D eigenvalue weighted by Crippen LogP contribution is 2.11. The van der Waals surface area contributed by atoms with E-state index in [-0.39, 0.29) is 0 Å². The van der Waals surface area contributed by atoms with Gasteiger partial charge in [0.1, 0.15) is 12.5 Å². The van der Waals surface area contributed by atoms with E-state index in [0.717, 1.165) is 0 Å². The van der Waals surface area contributed by atoms with Crippen LogP contribution in [-0.4, -0.2) is 23.4 Å². The second kappa shape index (κ2) is 4.33. The third-order valence-corrected chi connectivity index (χ3v) is 2.20. The van der Waals surface area contributed by atoms with Gasteiger partial charge in [-0.3, -0.25) is 5.43 Å². The molecule has 0 aromatic rings. The molecule has 1 aliphatic heterocycles. The molecule has 3 heteroatoms. The van der Waals surface area contributed by atoms with Gasteiger partial charge in [0.15, 0.2) is 0 Å². The van der Waals surface area contributed by atoms with E-state index in [1.54, 1.807) is 0 Å². The molecule has 1 rings (SSSR count). The molecule has 1 aliphatic rings. The van der Waals surface area contributed by atoms with Crippen molar-refractivity contribution in [2.24, 2.45) is 5.10 Å². The standard InChI is InChI=1S/C9H19N3/c1-4-5-6-9-11-10-7-12(9)8(2)3/h7-9,11H,4-6H2,1-3H3. The molecule has 1 heterocycles. The summed E-state index contributed by atoms with van der Waals surface area (Å²) in [7, 11) is 0. The van der Waals surface area contributed by atoms with Crippen molar-refractivity contribution in [1.82, 2.24) is 10.3 Å². The van der Waals surface area contributed by atoms with Crippen LogP contribution in [0.5, 0.6) is 0 Å². The van der Waals surface area contributed by atoms with E-state index in [1.165, 1.54) is 19.3 Å². The summed E-state index contributed by atoms with van der Waals surface area (Å²) in [6, 6.07) is 0.547. The second-order valence-corrected chi connectivity index (χ2v) is 3.57. The first-order valence-electron chi connectivity index (χ1n) is 4.82. The van der Waals surface area contributed by atoms with E-state index in [4.69, 9.17) is 0 Å². The molecule has 0 saturated carbocycles. The summed E-state index contributed by atoms with van der Waals surface area (Å²) in [6.07, 6.45) is 6.05. The molecule has 1 unspecified atom stereocenters. The Bertz CT molecular complexity index is 154. The fraction of sp³-hybridized carbons (Fsp3) is 0.889. The first-order valence-corrected chi connectivity index (χ1v) is 4.82. The molecule has 0 spiro atoms. The maximum absolute atomic E-state index is 4.07. The number of hydrazone groups is 1. The van der Waals surface area contributed by atoms with Crippen LogP contribution >= 0.6 is 0 Å². The molecule has 0 amide bonds. The number of nitrogens with zero attached hydrogens (tertiary/aromatic N) is 2. The largest absolute Gasteiger partial charge is 0.337 e. The predicted octanol–water partition coefficient (Wildman–Crippen LogP) is 1.76. The Hall–Kier alpha value is -0.730. The van der Waals surface area contributed by atoms with Crippen molar-refractivity contribution in [3.8, 4) is 0 Å². The zero-order chi connectivity index (χ0) is 8.97. The number of hydrogen-bond donors (Lipinski definition) is 1. The van der Waals surface area contributed by atoms with Crippen LogP contribution in [0.4, 0.5) is 0 Å². The van der Waals surface area contributed by atoms with E-state index in [2.05, 4.69) is 36.2 Å². The van der Waals surface area contributed by atoms with Gasteiger partial charge in [0.05, 0.1) is 0 Å². The summed E-state index contributed by atoms with van der Waals surface area (Å²) >= 11 is 0. The average Bonchev–Trinajstić information content (AvgIpc) is 2.48. The number of nitrogens with one attached hydrogen (secondary N) is 1. The van der Waals surface area contributed by atoms with Crippen LogP contribution in [0.3, 0.4) is 0 Å². The van der Waals surface area contributed by atoms with Crippen LogP contribution in [0.25, 0.3) is 0 Å². The molecule has 3 nitrogen and oxygen atoms in total. The third kappa shape index (κ3) is 2.13. The van der Waals surface area contributed by atoms with Crippen molar-refractivity contribution in [3.63, 3.8) is 0 Å². The Morgan fingerprint density at radius 1 is 1.58 bits per heavy atom.